The van der Waals surface area contributed by atoms with Crippen LogP contribution in [-0.2, 0) is 4.79 Å². The molecule has 1 amide bonds. The molecule has 24 heavy (non-hydrogen) atoms. The van der Waals surface area contributed by atoms with Crippen LogP contribution in [0.5, 0.6) is 11.5 Å². The Kier molecular flexibility index (Phi) is 4.71. The highest BCUT2D eigenvalue weighted by Crippen LogP contribution is 2.22. The zero-order valence-corrected chi connectivity index (χ0v) is 12.9. The summed E-state index contributed by atoms with van der Waals surface area (Å²) in [5.41, 5.74) is 0.726. The molecule has 3 aromatic rings. The maximum atomic E-state index is 11.8. The molecule has 0 bridgehead atoms. The first-order valence-electron chi connectivity index (χ1n) is 7.20. The summed E-state index contributed by atoms with van der Waals surface area (Å²) in [7, 11) is 1.59. The maximum absolute atomic E-state index is 11.8. The minimum Gasteiger partial charge on any atom is -0.497 e. The highest BCUT2D eigenvalue weighted by atomic mass is 16.5. The number of methoxy groups -OCH3 is 1. The molecule has 0 aliphatic rings. The fourth-order valence-electron chi connectivity index (χ4n) is 1.94. The van der Waals surface area contributed by atoms with Crippen LogP contribution in [-0.4, -0.2) is 29.8 Å². The van der Waals surface area contributed by atoms with E-state index in [-0.39, 0.29) is 18.5 Å². The number of nitrogens with one attached hydrogen (secondary N) is 1. The van der Waals surface area contributed by atoms with Crippen LogP contribution in [0.4, 0.5) is 6.01 Å². The average Bonchev–Trinajstić information content (AvgIpc) is 3.09. The Morgan fingerprint density at radius 2 is 1.79 bits per heavy atom. The fraction of sp³-hybridized carbons (Fsp3) is 0.118. The highest BCUT2D eigenvalue weighted by Gasteiger charge is 2.12. The summed E-state index contributed by atoms with van der Waals surface area (Å²) in [6, 6.07) is 16.2. The first-order chi connectivity index (χ1) is 11.7. The minimum absolute atomic E-state index is 0.0162. The number of carbonyl (C=O) groups is 1. The van der Waals surface area contributed by atoms with E-state index >= 15 is 0 Å². The van der Waals surface area contributed by atoms with Gasteiger partial charge in [-0.2, -0.15) is 0 Å². The molecule has 0 saturated heterocycles. The number of nitrogens with zero attached hydrogens (tertiary/aromatic N) is 2. The number of aromatic nitrogens is 2. The average molecular weight is 325 g/mol. The van der Waals surface area contributed by atoms with Crippen molar-refractivity contribution in [1.82, 2.24) is 10.2 Å². The second kappa shape index (κ2) is 7.28. The number of rotatable bonds is 6. The molecule has 0 atom stereocenters. The molecule has 0 saturated carbocycles. The van der Waals surface area contributed by atoms with Gasteiger partial charge >= 0.3 is 6.01 Å². The number of amides is 1. The third-order valence-corrected chi connectivity index (χ3v) is 3.12. The van der Waals surface area contributed by atoms with E-state index in [1.165, 1.54) is 0 Å². The number of hydrogen-bond donors (Lipinski definition) is 1. The summed E-state index contributed by atoms with van der Waals surface area (Å²) in [5, 5.41) is 10.2. The van der Waals surface area contributed by atoms with Crippen LogP contribution >= 0.6 is 0 Å². The Balaban J connectivity index is 1.58. The van der Waals surface area contributed by atoms with Crippen molar-refractivity contribution in [3.8, 4) is 23.0 Å². The van der Waals surface area contributed by atoms with Gasteiger partial charge in [-0.3, -0.25) is 10.1 Å². The van der Waals surface area contributed by atoms with Crippen LogP contribution in [0, 0.1) is 0 Å². The molecule has 7 heteroatoms. The van der Waals surface area contributed by atoms with E-state index in [1.807, 2.05) is 18.2 Å². The van der Waals surface area contributed by atoms with Crippen LogP contribution < -0.4 is 14.8 Å². The molecule has 0 spiro atoms. The lowest BCUT2D eigenvalue weighted by atomic mass is 10.2. The highest BCUT2D eigenvalue weighted by molar-refractivity contribution is 5.89. The lowest BCUT2D eigenvalue weighted by Gasteiger charge is -2.04. The summed E-state index contributed by atoms with van der Waals surface area (Å²) < 4.78 is 15.8. The molecule has 1 heterocycles. The standard InChI is InChI=1S/C17H15N3O4/c1-22-13-9-7-12(8-10-13)16-19-20-17(24-16)18-15(21)11-23-14-5-3-2-4-6-14/h2-10H,11H2,1H3,(H,18,20,21). The topological polar surface area (TPSA) is 86.5 Å². The van der Waals surface area contributed by atoms with Gasteiger partial charge in [0.25, 0.3) is 5.91 Å². The van der Waals surface area contributed by atoms with Gasteiger partial charge in [0.2, 0.25) is 5.89 Å². The molecule has 0 fully saturated rings. The summed E-state index contributed by atoms with van der Waals surface area (Å²) in [6.45, 7) is -0.149. The molecule has 0 radical (unpaired) electrons. The molecular weight excluding hydrogens is 310 g/mol. The maximum Gasteiger partial charge on any atom is 0.322 e. The normalized spacial score (nSPS) is 10.2. The predicted molar refractivity (Wildman–Crippen MR) is 86.9 cm³/mol. The van der Waals surface area contributed by atoms with Gasteiger partial charge in [0, 0.05) is 5.56 Å². The monoisotopic (exact) mass is 325 g/mol. The number of anilines is 1. The number of carbonyl (C=O) groups excluding carboxylic acids is 1. The fourth-order valence-corrected chi connectivity index (χ4v) is 1.94. The molecule has 2 aromatic carbocycles. The van der Waals surface area contributed by atoms with Gasteiger partial charge in [-0.15, -0.1) is 5.10 Å². The Bertz CT molecular complexity index is 800. The van der Waals surface area contributed by atoms with Crippen molar-refractivity contribution in [2.45, 2.75) is 0 Å². The number of para-hydroxylation sites is 1. The number of benzene rings is 2. The van der Waals surface area contributed by atoms with Gasteiger partial charge in [0.1, 0.15) is 11.5 Å². The van der Waals surface area contributed by atoms with Gasteiger partial charge in [0.15, 0.2) is 6.61 Å². The Morgan fingerprint density at radius 3 is 2.50 bits per heavy atom. The first kappa shape index (κ1) is 15.5. The Labute approximate surface area is 138 Å². The van der Waals surface area contributed by atoms with Crippen molar-refractivity contribution >= 4 is 11.9 Å². The summed E-state index contributed by atoms with van der Waals surface area (Å²) in [6.07, 6.45) is 0. The quantitative estimate of drug-likeness (QED) is 0.750. The van der Waals surface area contributed by atoms with Crippen molar-refractivity contribution in [3.63, 3.8) is 0 Å². The number of ether oxygens (including phenoxy) is 2. The third-order valence-electron chi connectivity index (χ3n) is 3.12. The second-order valence-electron chi connectivity index (χ2n) is 4.79. The van der Waals surface area contributed by atoms with Gasteiger partial charge in [0.05, 0.1) is 7.11 Å². The van der Waals surface area contributed by atoms with Crippen LogP contribution in [0.25, 0.3) is 11.5 Å². The first-order valence-corrected chi connectivity index (χ1v) is 7.20. The van der Waals surface area contributed by atoms with Crippen molar-refractivity contribution in [2.24, 2.45) is 0 Å². The molecule has 3 rings (SSSR count). The molecule has 7 nitrogen and oxygen atoms in total. The smallest absolute Gasteiger partial charge is 0.322 e. The second-order valence-corrected chi connectivity index (χ2v) is 4.79. The van der Waals surface area contributed by atoms with E-state index in [1.54, 1.807) is 43.5 Å². The lowest BCUT2D eigenvalue weighted by Crippen LogP contribution is -2.20. The third kappa shape index (κ3) is 3.89. The molecule has 0 aliphatic heterocycles. The van der Waals surface area contributed by atoms with Crippen LogP contribution in [0.2, 0.25) is 0 Å². The van der Waals surface area contributed by atoms with E-state index in [2.05, 4.69) is 15.5 Å². The lowest BCUT2D eigenvalue weighted by molar-refractivity contribution is -0.118. The predicted octanol–water partition coefficient (Wildman–Crippen LogP) is 2.76. The SMILES string of the molecule is COc1ccc(-c2nnc(NC(=O)COc3ccccc3)o2)cc1. The van der Waals surface area contributed by atoms with Gasteiger partial charge < -0.3 is 13.9 Å². The van der Waals surface area contributed by atoms with Crippen molar-refractivity contribution in [2.75, 3.05) is 19.0 Å². The Morgan fingerprint density at radius 1 is 1.04 bits per heavy atom. The zero-order valence-electron chi connectivity index (χ0n) is 12.9. The van der Waals surface area contributed by atoms with Crippen molar-refractivity contribution in [3.05, 3.63) is 54.6 Å². The molecule has 1 aromatic heterocycles. The van der Waals surface area contributed by atoms with E-state index < -0.39 is 0 Å². The Hall–Kier alpha value is -3.35. The van der Waals surface area contributed by atoms with Gasteiger partial charge in [-0.05, 0) is 36.4 Å². The van der Waals surface area contributed by atoms with Crippen LogP contribution in [0.1, 0.15) is 0 Å². The van der Waals surface area contributed by atoms with Gasteiger partial charge in [-0.25, -0.2) is 0 Å². The summed E-state index contributed by atoms with van der Waals surface area (Å²) >= 11 is 0. The van der Waals surface area contributed by atoms with E-state index in [9.17, 15) is 4.79 Å². The summed E-state index contributed by atoms with van der Waals surface area (Å²) in [5.74, 6) is 1.25. The number of hydrogen-bond acceptors (Lipinski definition) is 6. The molecule has 1 N–H and O–H groups in total. The van der Waals surface area contributed by atoms with E-state index in [0.29, 0.717) is 11.6 Å². The minimum atomic E-state index is -0.385. The van der Waals surface area contributed by atoms with E-state index in [0.717, 1.165) is 11.3 Å². The zero-order chi connectivity index (χ0) is 16.8. The van der Waals surface area contributed by atoms with E-state index in [4.69, 9.17) is 13.9 Å². The molecule has 0 aliphatic carbocycles. The van der Waals surface area contributed by atoms with Crippen LogP contribution in [0.3, 0.4) is 0 Å². The summed E-state index contributed by atoms with van der Waals surface area (Å²) in [4.78, 5) is 11.8. The van der Waals surface area contributed by atoms with Crippen molar-refractivity contribution in [1.29, 1.82) is 0 Å². The molecule has 0 unspecified atom stereocenters. The largest absolute Gasteiger partial charge is 0.497 e. The van der Waals surface area contributed by atoms with Crippen molar-refractivity contribution < 1.29 is 18.7 Å². The van der Waals surface area contributed by atoms with Gasteiger partial charge in [-0.1, -0.05) is 23.3 Å². The molecule has 122 valence electrons. The molecular formula is C17H15N3O4. The van der Waals surface area contributed by atoms with Crippen LogP contribution in [0.15, 0.2) is 59.0 Å².